The van der Waals surface area contributed by atoms with Gasteiger partial charge >= 0.3 is 0 Å². The van der Waals surface area contributed by atoms with Crippen LogP contribution in [0.5, 0.6) is 5.75 Å². The fourth-order valence-electron chi connectivity index (χ4n) is 2.47. The lowest BCUT2D eigenvalue weighted by Gasteiger charge is -2.24. The van der Waals surface area contributed by atoms with E-state index >= 15 is 0 Å². The van der Waals surface area contributed by atoms with E-state index < -0.39 is 17.2 Å². The second kappa shape index (κ2) is 4.84. The maximum atomic E-state index is 14.0. The first kappa shape index (κ1) is 13.3. The molecule has 1 aliphatic carbocycles. The van der Waals surface area contributed by atoms with E-state index in [2.05, 4.69) is 0 Å². The highest BCUT2D eigenvalue weighted by molar-refractivity contribution is 5.35. The van der Waals surface area contributed by atoms with Gasteiger partial charge in [0.05, 0.1) is 11.7 Å². The van der Waals surface area contributed by atoms with Gasteiger partial charge in [-0.15, -0.1) is 0 Å². The van der Waals surface area contributed by atoms with Crippen LogP contribution in [0.3, 0.4) is 0 Å². The van der Waals surface area contributed by atoms with E-state index in [9.17, 15) is 13.9 Å². The van der Waals surface area contributed by atoms with Crippen LogP contribution in [0, 0.1) is 11.6 Å². The molecule has 0 aromatic heterocycles. The Kier molecular flexibility index (Phi) is 3.57. The molecule has 0 atom stereocenters. The summed E-state index contributed by atoms with van der Waals surface area (Å²) in [5.74, 6) is -2.10. The molecule has 0 heterocycles. The van der Waals surface area contributed by atoms with Crippen LogP contribution in [-0.4, -0.2) is 11.2 Å². The van der Waals surface area contributed by atoms with Crippen molar-refractivity contribution >= 4 is 0 Å². The van der Waals surface area contributed by atoms with Crippen LogP contribution in [0.15, 0.2) is 12.1 Å². The van der Waals surface area contributed by atoms with Crippen LogP contribution >= 0.6 is 0 Å². The third-order valence-corrected chi connectivity index (χ3v) is 3.34. The molecule has 1 aromatic carbocycles. The first-order chi connectivity index (χ1) is 8.44. The molecular formula is C14H18F2O2. The number of hydrogen-bond donors (Lipinski definition) is 1. The second-order valence-corrected chi connectivity index (χ2v) is 5.14. The summed E-state index contributed by atoms with van der Waals surface area (Å²) in [4.78, 5) is 0. The standard InChI is InChI=1S/C14H18F2O2/c1-9(2)18-11-6-5-10(12(15)13(11)16)14(17)7-3-4-8-14/h5-6,9,17H,3-4,7-8H2,1-2H3. The van der Waals surface area contributed by atoms with E-state index in [0.29, 0.717) is 12.8 Å². The van der Waals surface area contributed by atoms with Crippen molar-refractivity contribution < 1.29 is 18.6 Å². The zero-order valence-corrected chi connectivity index (χ0v) is 10.7. The van der Waals surface area contributed by atoms with Crippen molar-refractivity contribution in [3.63, 3.8) is 0 Å². The Bertz CT molecular complexity index is 438. The van der Waals surface area contributed by atoms with Gasteiger partial charge in [-0.05, 0) is 38.8 Å². The first-order valence-corrected chi connectivity index (χ1v) is 6.31. The van der Waals surface area contributed by atoms with E-state index in [1.807, 2.05) is 0 Å². The van der Waals surface area contributed by atoms with Gasteiger partial charge in [0.25, 0.3) is 0 Å². The topological polar surface area (TPSA) is 29.5 Å². The Hall–Kier alpha value is -1.16. The lowest BCUT2D eigenvalue weighted by molar-refractivity contribution is 0.0398. The summed E-state index contributed by atoms with van der Waals surface area (Å²) < 4.78 is 33.0. The Morgan fingerprint density at radius 3 is 2.33 bits per heavy atom. The van der Waals surface area contributed by atoms with Crippen LogP contribution in [0.1, 0.15) is 45.1 Å². The summed E-state index contributed by atoms with van der Waals surface area (Å²) in [7, 11) is 0. The van der Waals surface area contributed by atoms with E-state index in [1.165, 1.54) is 12.1 Å². The SMILES string of the molecule is CC(C)Oc1ccc(C2(O)CCCC2)c(F)c1F. The highest BCUT2D eigenvalue weighted by atomic mass is 19.2. The number of rotatable bonds is 3. The van der Waals surface area contributed by atoms with Gasteiger partial charge in [0.15, 0.2) is 11.6 Å². The van der Waals surface area contributed by atoms with Gasteiger partial charge < -0.3 is 9.84 Å². The Labute approximate surface area is 106 Å². The van der Waals surface area contributed by atoms with Gasteiger partial charge in [-0.25, -0.2) is 4.39 Å². The fraction of sp³-hybridized carbons (Fsp3) is 0.571. The van der Waals surface area contributed by atoms with Gasteiger partial charge in [-0.2, -0.15) is 4.39 Å². The molecule has 0 amide bonds. The van der Waals surface area contributed by atoms with Crippen LogP contribution in [-0.2, 0) is 5.60 Å². The number of hydrogen-bond acceptors (Lipinski definition) is 2. The summed E-state index contributed by atoms with van der Waals surface area (Å²) in [5.41, 5.74) is -1.17. The van der Waals surface area contributed by atoms with Crippen LogP contribution in [0.2, 0.25) is 0 Å². The highest BCUT2D eigenvalue weighted by Gasteiger charge is 2.36. The largest absolute Gasteiger partial charge is 0.488 e. The molecule has 2 rings (SSSR count). The van der Waals surface area contributed by atoms with Gasteiger partial charge in [-0.1, -0.05) is 12.8 Å². The maximum absolute atomic E-state index is 14.0. The molecule has 1 fully saturated rings. The summed E-state index contributed by atoms with van der Waals surface area (Å²) in [5, 5.41) is 10.3. The zero-order valence-electron chi connectivity index (χ0n) is 10.7. The van der Waals surface area contributed by atoms with Crippen molar-refractivity contribution in [3.05, 3.63) is 29.3 Å². The monoisotopic (exact) mass is 256 g/mol. The number of ether oxygens (including phenoxy) is 1. The predicted octanol–water partition coefficient (Wildman–Crippen LogP) is 3.51. The van der Waals surface area contributed by atoms with Gasteiger partial charge in [-0.3, -0.25) is 0 Å². The molecule has 0 saturated heterocycles. The lowest BCUT2D eigenvalue weighted by Crippen LogP contribution is -2.23. The van der Waals surface area contributed by atoms with Crippen molar-refractivity contribution in [2.75, 3.05) is 0 Å². The zero-order chi connectivity index (χ0) is 13.3. The average molecular weight is 256 g/mol. The predicted molar refractivity (Wildman–Crippen MR) is 64.5 cm³/mol. The molecule has 2 nitrogen and oxygen atoms in total. The average Bonchev–Trinajstić information content (AvgIpc) is 2.72. The maximum Gasteiger partial charge on any atom is 0.201 e. The minimum Gasteiger partial charge on any atom is -0.488 e. The van der Waals surface area contributed by atoms with E-state index in [0.717, 1.165) is 12.8 Å². The molecule has 0 bridgehead atoms. The van der Waals surface area contributed by atoms with Crippen molar-refractivity contribution in [1.82, 2.24) is 0 Å². The van der Waals surface area contributed by atoms with E-state index in [1.54, 1.807) is 13.8 Å². The minimum absolute atomic E-state index is 0.0496. The number of aliphatic hydroxyl groups is 1. The van der Waals surface area contributed by atoms with Crippen molar-refractivity contribution in [3.8, 4) is 5.75 Å². The highest BCUT2D eigenvalue weighted by Crippen LogP contribution is 2.41. The molecule has 1 saturated carbocycles. The third-order valence-electron chi connectivity index (χ3n) is 3.34. The summed E-state index contributed by atoms with van der Waals surface area (Å²) in [6, 6.07) is 2.82. The minimum atomic E-state index is -1.22. The molecule has 0 radical (unpaired) electrons. The summed E-state index contributed by atoms with van der Waals surface area (Å²) in [6.07, 6.45) is 2.41. The first-order valence-electron chi connectivity index (χ1n) is 6.31. The molecule has 1 aliphatic rings. The van der Waals surface area contributed by atoms with Crippen LogP contribution in [0.25, 0.3) is 0 Å². The van der Waals surface area contributed by atoms with Gasteiger partial charge in [0.2, 0.25) is 5.82 Å². The Morgan fingerprint density at radius 2 is 1.78 bits per heavy atom. The van der Waals surface area contributed by atoms with E-state index in [-0.39, 0.29) is 17.4 Å². The molecular weight excluding hydrogens is 238 g/mol. The van der Waals surface area contributed by atoms with Gasteiger partial charge in [0.1, 0.15) is 0 Å². The van der Waals surface area contributed by atoms with Crippen molar-refractivity contribution in [1.29, 1.82) is 0 Å². The summed E-state index contributed by atoms with van der Waals surface area (Å²) in [6.45, 7) is 3.49. The molecule has 1 aromatic rings. The second-order valence-electron chi connectivity index (χ2n) is 5.14. The molecule has 0 aliphatic heterocycles. The molecule has 100 valence electrons. The van der Waals surface area contributed by atoms with Gasteiger partial charge in [0, 0.05) is 5.56 Å². The molecule has 0 spiro atoms. The Morgan fingerprint density at radius 1 is 1.17 bits per heavy atom. The van der Waals surface area contributed by atoms with Crippen molar-refractivity contribution in [2.45, 2.75) is 51.2 Å². The smallest absolute Gasteiger partial charge is 0.201 e. The molecule has 4 heteroatoms. The summed E-state index contributed by atoms with van der Waals surface area (Å²) >= 11 is 0. The molecule has 0 unspecified atom stereocenters. The number of benzene rings is 1. The molecule has 18 heavy (non-hydrogen) atoms. The number of halogens is 2. The lowest BCUT2D eigenvalue weighted by atomic mass is 9.91. The van der Waals surface area contributed by atoms with Crippen LogP contribution < -0.4 is 4.74 Å². The van der Waals surface area contributed by atoms with Crippen molar-refractivity contribution in [2.24, 2.45) is 0 Å². The third kappa shape index (κ3) is 2.34. The quantitative estimate of drug-likeness (QED) is 0.896. The molecule has 1 N–H and O–H groups in total. The van der Waals surface area contributed by atoms with E-state index in [4.69, 9.17) is 4.74 Å². The fourth-order valence-corrected chi connectivity index (χ4v) is 2.47. The van der Waals surface area contributed by atoms with Crippen LogP contribution in [0.4, 0.5) is 8.78 Å². The normalized spacial score (nSPS) is 18.3. The Balaban J connectivity index is 2.37.